The molecule has 0 radical (unpaired) electrons. The lowest BCUT2D eigenvalue weighted by atomic mass is 10.00. The molecule has 0 saturated heterocycles. The lowest BCUT2D eigenvalue weighted by Crippen LogP contribution is -2.04. The number of fused-ring (bicyclic) bond motifs is 1. The van der Waals surface area contributed by atoms with Crippen molar-refractivity contribution in [2.75, 3.05) is 0 Å². The van der Waals surface area contributed by atoms with E-state index < -0.39 is 0 Å². The van der Waals surface area contributed by atoms with Crippen molar-refractivity contribution in [2.24, 2.45) is 0 Å². The predicted octanol–water partition coefficient (Wildman–Crippen LogP) is 4.77. The van der Waals surface area contributed by atoms with Gasteiger partial charge in [0, 0.05) is 28.9 Å². The summed E-state index contributed by atoms with van der Waals surface area (Å²) in [4.78, 5) is 16.8. The van der Waals surface area contributed by atoms with Crippen molar-refractivity contribution in [3.05, 3.63) is 76.0 Å². The van der Waals surface area contributed by atoms with Crippen molar-refractivity contribution in [3.8, 4) is 0 Å². The van der Waals surface area contributed by atoms with Gasteiger partial charge >= 0.3 is 0 Å². The summed E-state index contributed by atoms with van der Waals surface area (Å²) in [6, 6.07) is 12.6. The van der Waals surface area contributed by atoms with Crippen LogP contribution in [0.1, 0.15) is 15.9 Å². The van der Waals surface area contributed by atoms with Gasteiger partial charge in [-0.3, -0.25) is 9.78 Å². The standard InChI is InChI=1S/C16H9Cl2NO/c17-14-7-3-6-12(15(14)18)16(20)13-9-19-8-10-4-1-2-5-11(10)13/h1-9H. The number of nitrogens with zero attached hydrogens (tertiary/aromatic N) is 1. The highest BCUT2D eigenvalue weighted by Crippen LogP contribution is 2.29. The molecule has 0 fully saturated rings. The van der Waals surface area contributed by atoms with Crippen molar-refractivity contribution >= 4 is 39.8 Å². The van der Waals surface area contributed by atoms with Gasteiger partial charge in [0.2, 0.25) is 0 Å². The van der Waals surface area contributed by atoms with Crippen LogP contribution in [0.25, 0.3) is 10.8 Å². The summed E-state index contributed by atoms with van der Waals surface area (Å²) >= 11 is 12.1. The van der Waals surface area contributed by atoms with Crippen LogP contribution in [-0.4, -0.2) is 10.8 Å². The molecule has 0 amide bonds. The first-order valence-corrected chi connectivity index (χ1v) is 6.75. The highest BCUT2D eigenvalue weighted by atomic mass is 35.5. The molecule has 0 aliphatic rings. The van der Waals surface area contributed by atoms with E-state index in [9.17, 15) is 4.79 Å². The van der Waals surface area contributed by atoms with E-state index in [1.54, 1.807) is 30.6 Å². The first-order valence-electron chi connectivity index (χ1n) is 6.00. The number of benzene rings is 2. The van der Waals surface area contributed by atoms with E-state index in [0.29, 0.717) is 16.1 Å². The van der Waals surface area contributed by atoms with Crippen LogP contribution in [0.3, 0.4) is 0 Å². The van der Waals surface area contributed by atoms with Gasteiger partial charge in [-0.05, 0) is 17.5 Å². The molecule has 0 aliphatic heterocycles. The number of carbonyl (C=O) groups is 1. The first kappa shape index (κ1) is 13.1. The summed E-state index contributed by atoms with van der Waals surface area (Å²) in [6.45, 7) is 0. The fraction of sp³-hybridized carbons (Fsp3) is 0. The van der Waals surface area contributed by atoms with Gasteiger partial charge in [0.1, 0.15) is 0 Å². The Morgan fingerprint density at radius 1 is 0.900 bits per heavy atom. The van der Waals surface area contributed by atoms with Gasteiger partial charge in [0.15, 0.2) is 5.78 Å². The molecule has 20 heavy (non-hydrogen) atoms. The number of carbonyl (C=O) groups excluding carboxylic acids is 1. The SMILES string of the molecule is O=C(c1cccc(Cl)c1Cl)c1cncc2ccccc12. The van der Waals surface area contributed by atoms with Gasteiger partial charge in [-0.2, -0.15) is 0 Å². The Morgan fingerprint density at radius 3 is 2.55 bits per heavy atom. The molecule has 0 atom stereocenters. The molecule has 0 bridgehead atoms. The average Bonchev–Trinajstić information content (AvgIpc) is 2.49. The van der Waals surface area contributed by atoms with Gasteiger partial charge in [-0.1, -0.05) is 53.5 Å². The third-order valence-electron chi connectivity index (χ3n) is 3.11. The molecule has 1 heterocycles. The third kappa shape index (κ3) is 2.17. The largest absolute Gasteiger partial charge is 0.288 e. The monoisotopic (exact) mass is 301 g/mol. The zero-order valence-electron chi connectivity index (χ0n) is 10.3. The number of hydrogen-bond donors (Lipinski definition) is 0. The molecule has 0 N–H and O–H groups in total. The number of ketones is 1. The van der Waals surface area contributed by atoms with E-state index in [4.69, 9.17) is 23.2 Å². The number of rotatable bonds is 2. The van der Waals surface area contributed by atoms with Crippen LogP contribution in [0.15, 0.2) is 54.9 Å². The van der Waals surface area contributed by atoms with Crippen LogP contribution in [-0.2, 0) is 0 Å². The minimum Gasteiger partial charge on any atom is -0.288 e. The second kappa shape index (κ2) is 5.23. The fourth-order valence-electron chi connectivity index (χ4n) is 2.12. The molecule has 0 aliphatic carbocycles. The van der Waals surface area contributed by atoms with Crippen molar-refractivity contribution in [2.45, 2.75) is 0 Å². The number of halogens is 2. The van der Waals surface area contributed by atoms with Crippen molar-refractivity contribution in [1.29, 1.82) is 0 Å². The van der Waals surface area contributed by atoms with Crippen LogP contribution < -0.4 is 0 Å². The average molecular weight is 302 g/mol. The summed E-state index contributed by atoms with van der Waals surface area (Å²) in [5.74, 6) is -0.179. The van der Waals surface area contributed by atoms with Gasteiger partial charge in [0.25, 0.3) is 0 Å². The van der Waals surface area contributed by atoms with Gasteiger partial charge in [0.05, 0.1) is 10.0 Å². The second-order valence-electron chi connectivity index (χ2n) is 4.34. The summed E-state index contributed by atoms with van der Waals surface area (Å²) in [7, 11) is 0. The maximum Gasteiger partial charge on any atom is 0.196 e. The van der Waals surface area contributed by atoms with E-state index in [0.717, 1.165) is 10.8 Å². The van der Waals surface area contributed by atoms with Crippen LogP contribution in [0, 0.1) is 0 Å². The molecule has 98 valence electrons. The van der Waals surface area contributed by atoms with Gasteiger partial charge in [-0.15, -0.1) is 0 Å². The van der Waals surface area contributed by atoms with Crippen LogP contribution in [0.2, 0.25) is 10.0 Å². The zero-order chi connectivity index (χ0) is 14.1. The Bertz CT molecular complexity index is 809. The maximum atomic E-state index is 12.7. The van der Waals surface area contributed by atoms with E-state index in [1.165, 1.54) is 0 Å². The molecule has 0 spiro atoms. The molecule has 2 aromatic carbocycles. The topological polar surface area (TPSA) is 30.0 Å². The number of aromatic nitrogens is 1. The second-order valence-corrected chi connectivity index (χ2v) is 5.12. The number of pyridine rings is 1. The Balaban J connectivity index is 2.21. The van der Waals surface area contributed by atoms with Crippen molar-refractivity contribution < 1.29 is 4.79 Å². The molecule has 4 heteroatoms. The fourth-order valence-corrected chi connectivity index (χ4v) is 2.51. The van der Waals surface area contributed by atoms with Crippen LogP contribution >= 0.6 is 23.2 Å². The van der Waals surface area contributed by atoms with Gasteiger partial charge in [-0.25, -0.2) is 0 Å². The highest BCUT2D eigenvalue weighted by molar-refractivity contribution is 6.44. The van der Waals surface area contributed by atoms with Gasteiger partial charge < -0.3 is 0 Å². The number of hydrogen-bond acceptors (Lipinski definition) is 2. The quantitative estimate of drug-likeness (QED) is 0.638. The molecule has 3 aromatic rings. The highest BCUT2D eigenvalue weighted by Gasteiger charge is 2.17. The molecular formula is C16H9Cl2NO. The minimum atomic E-state index is -0.179. The third-order valence-corrected chi connectivity index (χ3v) is 3.93. The molecule has 2 nitrogen and oxygen atoms in total. The lowest BCUT2D eigenvalue weighted by Gasteiger charge is -2.07. The van der Waals surface area contributed by atoms with E-state index in [-0.39, 0.29) is 10.8 Å². The van der Waals surface area contributed by atoms with Crippen molar-refractivity contribution in [3.63, 3.8) is 0 Å². The zero-order valence-corrected chi connectivity index (χ0v) is 11.8. The maximum absolute atomic E-state index is 12.7. The summed E-state index contributed by atoms with van der Waals surface area (Å²) < 4.78 is 0. The normalized spacial score (nSPS) is 10.7. The molecule has 1 aromatic heterocycles. The van der Waals surface area contributed by atoms with Crippen molar-refractivity contribution in [1.82, 2.24) is 4.98 Å². The Morgan fingerprint density at radius 2 is 1.70 bits per heavy atom. The summed E-state index contributed by atoms with van der Waals surface area (Å²) in [6.07, 6.45) is 3.29. The summed E-state index contributed by atoms with van der Waals surface area (Å²) in [5.41, 5.74) is 0.907. The Hall–Kier alpha value is -1.90. The van der Waals surface area contributed by atoms with Crippen LogP contribution in [0.5, 0.6) is 0 Å². The predicted molar refractivity (Wildman–Crippen MR) is 81.6 cm³/mol. The lowest BCUT2D eigenvalue weighted by molar-refractivity contribution is 0.104. The molecule has 3 rings (SSSR count). The molecule has 0 unspecified atom stereocenters. The molecular weight excluding hydrogens is 293 g/mol. The van der Waals surface area contributed by atoms with E-state index in [2.05, 4.69) is 4.98 Å². The Labute approximate surface area is 126 Å². The first-order chi connectivity index (χ1) is 9.68. The van der Waals surface area contributed by atoms with E-state index >= 15 is 0 Å². The van der Waals surface area contributed by atoms with Crippen LogP contribution in [0.4, 0.5) is 0 Å². The smallest absolute Gasteiger partial charge is 0.196 e. The van der Waals surface area contributed by atoms with E-state index in [1.807, 2.05) is 24.3 Å². The Kier molecular flexibility index (Phi) is 3.43. The molecule has 0 saturated carbocycles. The minimum absolute atomic E-state index is 0.179. The summed E-state index contributed by atoms with van der Waals surface area (Å²) in [5, 5.41) is 2.40.